The van der Waals surface area contributed by atoms with Gasteiger partial charge in [-0.25, -0.2) is 4.79 Å². The Balaban J connectivity index is 3.29. The SMILES string of the molecule is NC(=O)N=c1s[nH][nH]c1=S. The van der Waals surface area contributed by atoms with Crippen LogP contribution in [0.3, 0.4) is 0 Å². The van der Waals surface area contributed by atoms with Gasteiger partial charge in [0.25, 0.3) is 0 Å². The minimum atomic E-state index is -0.740. The van der Waals surface area contributed by atoms with Gasteiger partial charge < -0.3 is 5.73 Å². The predicted octanol–water partition coefficient (Wildman–Crippen LogP) is 0.113. The summed E-state index contributed by atoms with van der Waals surface area (Å²) in [5.74, 6) is 0. The molecular weight excluding hydrogens is 172 g/mol. The van der Waals surface area contributed by atoms with Crippen molar-refractivity contribution in [2.24, 2.45) is 10.7 Å². The second-order valence-electron chi connectivity index (χ2n) is 1.41. The maximum Gasteiger partial charge on any atom is 0.339 e. The van der Waals surface area contributed by atoms with Crippen LogP contribution in [0, 0.1) is 4.64 Å². The number of hydrogen-bond acceptors (Lipinski definition) is 3. The van der Waals surface area contributed by atoms with E-state index >= 15 is 0 Å². The molecule has 0 atom stereocenters. The first-order valence-electron chi connectivity index (χ1n) is 2.30. The van der Waals surface area contributed by atoms with Crippen LogP contribution in [0.4, 0.5) is 4.79 Å². The van der Waals surface area contributed by atoms with Crippen LogP contribution in [0.5, 0.6) is 0 Å². The highest BCUT2D eigenvalue weighted by molar-refractivity contribution is 7.71. The molecule has 2 amide bonds. The first kappa shape index (κ1) is 7.16. The van der Waals surface area contributed by atoms with Crippen LogP contribution in [0.25, 0.3) is 0 Å². The van der Waals surface area contributed by atoms with Gasteiger partial charge in [-0.2, -0.15) is 4.99 Å². The third-order valence-corrected chi connectivity index (χ3v) is 1.84. The van der Waals surface area contributed by atoms with Crippen LogP contribution in [0.2, 0.25) is 0 Å². The molecule has 0 aromatic carbocycles. The molecule has 1 aromatic heterocycles. The van der Waals surface area contributed by atoms with Crippen molar-refractivity contribution in [3.8, 4) is 0 Å². The lowest BCUT2D eigenvalue weighted by atomic mass is 10.9. The lowest BCUT2D eigenvalue weighted by Gasteiger charge is -1.73. The molecule has 0 spiro atoms. The number of nitrogens with two attached hydrogens (primary N) is 1. The molecule has 10 heavy (non-hydrogen) atoms. The van der Waals surface area contributed by atoms with E-state index in [9.17, 15) is 4.79 Å². The monoisotopic (exact) mass is 176 g/mol. The summed E-state index contributed by atoms with van der Waals surface area (Å²) in [6.45, 7) is 0. The van der Waals surface area contributed by atoms with Gasteiger partial charge in [0, 0.05) is 0 Å². The molecule has 0 fully saturated rings. The van der Waals surface area contributed by atoms with Crippen molar-refractivity contribution in [3.63, 3.8) is 0 Å². The number of hydrogen-bond donors (Lipinski definition) is 3. The molecule has 1 heterocycles. The molecule has 0 aliphatic heterocycles. The first-order chi connectivity index (χ1) is 4.70. The van der Waals surface area contributed by atoms with Crippen molar-refractivity contribution < 1.29 is 4.79 Å². The summed E-state index contributed by atoms with van der Waals surface area (Å²) in [7, 11) is 0. The Morgan fingerprint density at radius 3 is 2.90 bits per heavy atom. The van der Waals surface area contributed by atoms with Crippen LogP contribution in [0.1, 0.15) is 0 Å². The Hall–Kier alpha value is -0.950. The fraction of sp³-hybridized carbons (Fsp3) is 0. The number of aromatic nitrogens is 2. The van der Waals surface area contributed by atoms with E-state index < -0.39 is 6.03 Å². The predicted molar refractivity (Wildman–Crippen MR) is 39.0 cm³/mol. The molecule has 0 aliphatic carbocycles. The van der Waals surface area contributed by atoms with E-state index in [-0.39, 0.29) is 0 Å². The van der Waals surface area contributed by atoms with Crippen LogP contribution < -0.4 is 10.4 Å². The van der Waals surface area contributed by atoms with E-state index in [1.165, 1.54) is 0 Å². The zero-order chi connectivity index (χ0) is 7.56. The number of aromatic amines is 2. The van der Waals surface area contributed by atoms with Crippen LogP contribution in [0.15, 0.2) is 4.99 Å². The summed E-state index contributed by atoms with van der Waals surface area (Å²) in [5.41, 5.74) is 4.78. The fourth-order valence-electron chi connectivity index (χ4n) is 0.394. The lowest BCUT2D eigenvalue weighted by molar-refractivity contribution is 0.256. The molecule has 0 saturated heterocycles. The topological polar surface area (TPSA) is 87.0 Å². The number of nitrogens with zero attached hydrogens (tertiary/aromatic N) is 1. The number of nitrogens with one attached hydrogen (secondary N) is 2. The van der Waals surface area contributed by atoms with Gasteiger partial charge in [0.05, 0.1) is 0 Å². The molecule has 0 aliphatic rings. The van der Waals surface area contributed by atoms with Crippen molar-refractivity contribution in [2.45, 2.75) is 0 Å². The van der Waals surface area contributed by atoms with Crippen molar-refractivity contribution in [1.82, 2.24) is 9.59 Å². The van der Waals surface area contributed by atoms with Gasteiger partial charge in [-0.1, -0.05) is 12.2 Å². The third-order valence-electron chi connectivity index (χ3n) is 0.718. The van der Waals surface area contributed by atoms with E-state index in [0.29, 0.717) is 9.31 Å². The summed E-state index contributed by atoms with van der Waals surface area (Å²) in [6.07, 6.45) is 0. The van der Waals surface area contributed by atoms with Crippen molar-refractivity contribution in [1.29, 1.82) is 0 Å². The zero-order valence-corrected chi connectivity index (χ0v) is 6.38. The second-order valence-corrected chi connectivity index (χ2v) is 2.62. The summed E-state index contributed by atoms with van der Waals surface area (Å²) in [4.78, 5) is 13.6. The standard InChI is InChI=1S/C3H4N4OS2/c4-3(8)5-2-1(9)6-7-10-2/h7H,(H2,4,8)(H,6,9). The highest BCUT2D eigenvalue weighted by Crippen LogP contribution is 1.78. The maximum absolute atomic E-state index is 10.2. The molecule has 4 N–H and O–H groups in total. The molecule has 1 aromatic rings. The smallest absolute Gasteiger partial charge is 0.339 e. The minimum Gasteiger partial charge on any atom is -0.350 e. The van der Waals surface area contributed by atoms with Crippen molar-refractivity contribution >= 4 is 29.8 Å². The Labute approximate surface area is 64.7 Å². The molecule has 5 nitrogen and oxygen atoms in total. The van der Waals surface area contributed by atoms with Gasteiger partial charge >= 0.3 is 6.03 Å². The van der Waals surface area contributed by atoms with E-state index in [4.69, 9.17) is 18.0 Å². The van der Waals surface area contributed by atoms with Gasteiger partial charge in [-0.05, 0) is 11.5 Å². The highest BCUT2D eigenvalue weighted by Gasteiger charge is 1.89. The number of primary amides is 1. The Morgan fingerprint density at radius 2 is 2.50 bits per heavy atom. The summed E-state index contributed by atoms with van der Waals surface area (Å²) in [5, 5.41) is 2.58. The zero-order valence-electron chi connectivity index (χ0n) is 4.75. The third kappa shape index (κ3) is 1.52. The van der Waals surface area contributed by atoms with Gasteiger partial charge in [0.1, 0.15) is 0 Å². The summed E-state index contributed by atoms with van der Waals surface area (Å²) in [6, 6.07) is -0.740. The molecule has 0 bridgehead atoms. The van der Waals surface area contributed by atoms with Crippen molar-refractivity contribution in [2.75, 3.05) is 0 Å². The van der Waals surface area contributed by atoms with Crippen LogP contribution in [-0.2, 0) is 0 Å². The van der Waals surface area contributed by atoms with E-state index in [0.717, 1.165) is 11.5 Å². The first-order valence-corrected chi connectivity index (χ1v) is 3.53. The quantitative estimate of drug-likeness (QED) is 0.490. The largest absolute Gasteiger partial charge is 0.350 e. The van der Waals surface area contributed by atoms with Crippen molar-refractivity contribution in [3.05, 3.63) is 9.31 Å². The number of carbonyl (C=O) groups is 1. The number of H-pyrrole nitrogens is 2. The molecule has 0 radical (unpaired) electrons. The Bertz CT molecular complexity index is 344. The Kier molecular flexibility index (Phi) is 1.97. The maximum atomic E-state index is 10.2. The van der Waals surface area contributed by atoms with E-state index in [1.807, 2.05) is 0 Å². The fourth-order valence-corrected chi connectivity index (χ4v) is 1.21. The van der Waals surface area contributed by atoms with E-state index in [1.54, 1.807) is 0 Å². The number of carbonyl (C=O) groups excluding carboxylic acids is 1. The number of amides is 2. The van der Waals surface area contributed by atoms with Gasteiger partial charge in [0.2, 0.25) is 0 Å². The van der Waals surface area contributed by atoms with Crippen LogP contribution >= 0.6 is 23.8 Å². The Morgan fingerprint density at radius 1 is 1.80 bits per heavy atom. The minimum absolute atomic E-state index is 0.392. The molecule has 7 heteroatoms. The summed E-state index contributed by atoms with van der Waals surface area (Å²) >= 11 is 5.85. The number of urea groups is 1. The highest BCUT2D eigenvalue weighted by atomic mass is 32.1. The average molecular weight is 176 g/mol. The summed E-state index contributed by atoms with van der Waals surface area (Å²) < 4.78 is 3.41. The van der Waals surface area contributed by atoms with Gasteiger partial charge in [-0.15, -0.1) is 0 Å². The molecular formula is C3H4N4OS2. The van der Waals surface area contributed by atoms with Crippen LogP contribution in [-0.4, -0.2) is 15.6 Å². The molecule has 0 saturated carbocycles. The average Bonchev–Trinajstić information content (AvgIpc) is 2.15. The normalized spacial score (nSPS) is 11.8. The molecule has 0 unspecified atom stereocenters. The van der Waals surface area contributed by atoms with Gasteiger partial charge in [-0.3, -0.25) is 9.59 Å². The van der Waals surface area contributed by atoms with Gasteiger partial charge in [0.15, 0.2) is 9.31 Å². The second kappa shape index (κ2) is 2.76. The lowest BCUT2D eigenvalue weighted by Crippen LogP contribution is -2.09. The molecule has 1 rings (SSSR count). The van der Waals surface area contributed by atoms with E-state index in [2.05, 4.69) is 14.6 Å². The number of rotatable bonds is 0. The molecule has 54 valence electrons.